The molecule has 0 unspecified atom stereocenters. The molecule has 8 nitrogen and oxygen atoms in total. The zero-order valence-electron chi connectivity index (χ0n) is 62.2. The van der Waals surface area contributed by atoms with Crippen LogP contribution in [0.4, 0.5) is 125 Å². The molecule has 0 aliphatic carbocycles. The molecule has 17 aromatic carbocycles. The molecule has 0 aromatic heterocycles. The number of hydrogen-bond donors (Lipinski definition) is 1. The fourth-order valence-electron chi connectivity index (χ4n) is 18.5. The Labute approximate surface area is 682 Å². The maximum atomic E-state index is 5.36. The summed E-state index contributed by atoms with van der Waals surface area (Å²) in [7, 11) is 0. The minimum absolute atomic E-state index is 0. The SMILES string of the molecule is Brc1ccc2c(c1)B1c3ccccc3N(c3ccccc3)c3cccc(c31)N2c1ccccc1.C.Nc1ccccc1.c1ccc(N(c2ccc3c(c2)B2c4ccccc4N(c4ccccc4)c4cccc(c42)N3c2ccccc2)c2ccc3c(c2)B2c4ccccc4N(c4ccccc4)c4cccc(c42)N3c2ccccc2)cc1. The quantitative estimate of drug-likeness (QED) is 0.113. The predicted octanol–water partition coefficient (Wildman–Crippen LogP) is 21.8. The zero-order valence-corrected chi connectivity index (χ0v) is 63.8. The summed E-state index contributed by atoms with van der Waals surface area (Å²) in [6.45, 7) is 0.105. The van der Waals surface area contributed by atoms with Gasteiger partial charge in [0.05, 0.1) is 0 Å². The molecule has 115 heavy (non-hydrogen) atoms. The number of fused-ring (bicyclic) bond motifs is 12. The Morgan fingerprint density at radius 2 is 0.426 bits per heavy atom. The molecule has 0 saturated carbocycles. The van der Waals surface area contributed by atoms with Gasteiger partial charge in [0.1, 0.15) is 0 Å². The first-order valence-electron chi connectivity index (χ1n) is 39.0. The van der Waals surface area contributed by atoms with Gasteiger partial charge in [-0.05, 0) is 249 Å². The highest BCUT2D eigenvalue weighted by Gasteiger charge is 2.47. The van der Waals surface area contributed by atoms with Crippen molar-refractivity contribution in [3.63, 3.8) is 0 Å². The van der Waals surface area contributed by atoms with E-state index >= 15 is 0 Å². The summed E-state index contributed by atoms with van der Waals surface area (Å²) in [5.41, 5.74) is 42.5. The number of halogens is 1. The van der Waals surface area contributed by atoms with Gasteiger partial charge in [0.15, 0.2) is 0 Å². The molecular weight excluding hydrogens is 1460 g/mol. The fraction of sp³-hybridized carbons (Fsp3) is 0.00971. The van der Waals surface area contributed by atoms with Crippen molar-refractivity contribution in [2.45, 2.75) is 7.43 Å². The number of nitrogens with two attached hydrogens (primary N) is 1. The Morgan fingerprint density at radius 3 is 0.704 bits per heavy atom. The van der Waals surface area contributed by atoms with Crippen LogP contribution in [-0.4, -0.2) is 20.1 Å². The van der Waals surface area contributed by atoms with Gasteiger partial charge in [-0.25, -0.2) is 0 Å². The van der Waals surface area contributed by atoms with Crippen LogP contribution < -0.4 is 89.2 Å². The number of rotatable bonds is 9. The largest absolute Gasteiger partial charge is 0.399 e. The van der Waals surface area contributed by atoms with E-state index in [1.54, 1.807) is 0 Å². The van der Waals surface area contributed by atoms with Crippen LogP contribution in [-0.2, 0) is 0 Å². The van der Waals surface area contributed by atoms with Gasteiger partial charge in [0.25, 0.3) is 20.1 Å². The van der Waals surface area contributed by atoms with Crippen LogP contribution >= 0.6 is 15.9 Å². The Kier molecular flexibility index (Phi) is 17.9. The van der Waals surface area contributed by atoms with Crippen LogP contribution in [0.5, 0.6) is 0 Å². The highest BCUT2D eigenvalue weighted by Crippen LogP contribution is 2.50. The van der Waals surface area contributed by atoms with E-state index in [0.29, 0.717) is 0 Å². The molecule has 544 valence electrons. The molecule has 0 fully saturated rings. The molecule has 23 rings (SSSR count). The third-order valence-electron chi connectivity index (χ3n) is 23.0. The first-order chi connectivity index (χ1) is 56.5. The number of benzene rings is 17. The van der Waals surface area contributed by atoms with Crippen molar-refractivity contribution in [3.8, 4) is 0 Å². The average molecular weight is 1540 g/mol. The third-order valence-corrected chi connectivity index (χ3v) is 23.5. The van der Waals surface area contributed by atoms with E-state index in [-0.39, 0.29) is 27.6 Å². The van der Waals surface area contributed by atoms with E-state index in [1.807, 2.05) is 30.3 Å². The van der Waals surface area contributed by atoms with Crippen LogP contribution in [0.2, 0.25) is 0 Å². The van der Waals surface area contributed by atoms with Gasteiger partial charge in [0.2, 0.25) is 0 Å². The molecule has 6 aliphatic heterocycles. The van der Waals surface area contributed by atoms with E-state index in [9.17, 15) is 0 Å². The number of nitrogen functional groups attached to an aromatic ring is 1. The maximum Gasteiger partial charge on any atom is 0.252 e. The van der Waals surface area contributed by atoms with Gasteiger partial charge in [0, 0.05) is 130 Å². The minimum Gasteiger partial charge on any atom is -0.399 e. The first kappa shape index (κ1) is 70.0. The topological polar surface area (TPSA) is 48.7 Å². The van der Waals surface area contributed by atoms with Gasteiger partial charge < -0.3 is 40.0 Å². The average Bonchev–Trinajstić information content (AvgIpc) is 0.707. The highest BCUT2D eigenvalue weighted by atomic mass is 79.9. The summed E-state index contributed by atoms with van der Waals surface area (Å²) in [5, 5.41) is 0. The van der Waals surface area contributed by atoms with Crippen LogP contribution in [0.25, 0.3) is 0 Å². The van der Waals surface area contributed by atoms with Gasteiger partial charge in [-0.2, -0.15) is 0 Å². The summed E-state index contributed by atoms with van der Waals surface area (Å²) < 4.78 is 1.10. The Morgan fingerprint density at radius 1 is 0.200 bits per heavy atom. The lowest BCUT2D eigenvalue weighted by Crippen LogP contribution is -2.61. The standard InChI is InChI=1S/C66H45B2N5.C30H20BBrN2.C6H7N.CH4/c1-6-22-46(23-7-1)69(51-40-42-59-55(44-51)67-53-32-16-18-34-57(53)70(47-24-8-2-9-25-47)61-36-20-38-63(65(61)67)72(59)49-28-12-4-13-29-49)52-41-43-60-56(45-52)68-54-33-17-19-35-58(54)71(48-26-10-3-11-27-48)62-37-21-39-64(66(62)68)73(60)50-30-14-5-15-31-50;32-21-18-19-27-25(20-21)31-24-14-7-8-15-26(24)33(22-10-3-1-4-11-22)28-16-9-17-29(30(28)31)34(27)23-12-5-2-6-13-23;7-6-4-2-1-3-5-6;/h1-45H;1-20H;1-5H,7H2;1H4. The molecule has 2 N–H and O–H groups in total. The second kappa shape index (κ2) is 29.5. The molecule has 0 atom stereocenters. The van der Waals surface area contributed by atoms with E-state index in [0.717, 1.165) is 50.0 Å². The maximum absolute atomic E-state index is 5.36. The molecule has 12 heteroatoms. The zero-order chi connectivity index (χ0) is 75.7. The van der Waals surface area contributed by atoms with E-state index in [4.69, 9.17) is 5.73 Å². The lowest BCUT2D eigenvalue weighted by atomic mass is 9.33. The normalized spacial score (nSPS) is 12.9. The van der Waals surface area contributed by atoms with E-state index < -0.39 is 0 Å². The Hall–Kier alpha value is -14.2. The number of hydrogen-bond acceptors (Lipinski definition) is 8. The fourth-order valence-corrected chi connectivity index (χ4v) is 18.9. The van der Waals surface area contributed by atoms with Crippen molar-refractivity contribution in [2.24, 2.45) is 0 Å². The second-order valence-electron chi connectivity index (χ2n) is 29.4. The monoisotopic (exact) mass is 1540 g/mol. The summed E-state index contributed by atoms with van der Waals surface area (Å²) in [4.78, 5) is 17.2. The summed E-state index contributed by atoms with van der Waals surface area (Å²) >= 11 is 3.76. The van der Waals surface area contributed by atoms with Gasteiger partial charge in [-0.3, -0.25) is 0 Å². The van der Waals surface area contributed by atoms with Gasteiger partial charge in [-0.1, -0.05) is 248 Å². The minimum atomic E-state index is -0.0286. The molecule has 0 saturated heterocycles. The Balaban J connectivity index is 0.000000168. The summed E-state index contributed by atoms with van der Waals surface area (Å²) in [6, 6.07) is 153. The molecule has 0 spiro atoms. The summed E-state index contributed by atoms with van der Waals surface area (Å²) in [5.74, 6) is 0. The van der Waals surface area contributed by atoms with Crippen molar-refractivity contribution >= 4 is 210 Å². The van der Waals surface area contributed by atoms with Crippen LogP contribution in [0, 0.1) is 0 Å². The van der Waals surface area contributed by atoms with Gasteiger partial charge >= 0.3 is 0 Å². The second-order valence-corrected chi connectivity index (χ2v) is 30.3. The number of para-hydroxylation sites is 11. The lowest BCUT2D eigenvalue weighted by Gasteiger charge is -2.44. The van der Waals surface area contributed by atoms with Crippen LogP contribution in [0.15, 0.2) is 429 Å². The van der Waals surface area contributed by atoms with Crippen molar-refractivity contribution in [1.82, 2.24) is 0 Å². The third kappa shape index (κ3) is 11.9. The van der Waals surface area contributed by atoms with Gasteiger partial charge in [-0.15, -0.1) is 0 Å². The van der Waals surface area contributed by atoms with Crippen LogP contribution in [0.3, 0.4) is 0 Å². The molecule has 6 aliphatic rings. The highest BCUT2D eigenvalue weighted by molar-refractivity contribution is 9.10. The molecule has 6 heterocycles. The summed E-state index contributed by atoms with van der Waals surface area (Å²) in [6.07, 6.45) is 0. The lowest BCUT2D eigenvalue weighted by molar-refractivity contribution is 1.24. The number of anilines is 22. The van der Waals surface area contributed by atoms with Crippen molar-refractivity contribution < 1.29 is 0 Å². The molecule has 0 bridgehead atoms. The van der Waals surface area contributed by atoms with E-state index in [1.165, 1.54) is 129 Å². The van der Waals surface area contributed by atoms with Crippen molar-refractivity contribution in [2.75, 3.05) is 40.0 Å². The molecule has 17 aromatic rings. The van der Waals surface area contributed by atoms with Crippen molar-refractivity contribution in [3.05, 3.63) is 429 Å². The van der Waals surface area contributed by atoms with E-state index in [2.05, 4.69) is 445 Å². The first-order valence-corrected chi connectivity index (χ1v) is 39.8. The predicted molar refractivity (Wildman–Crippen MR) is 495 cm³/mol. The Bertz CT molecular complexity index is 6190. The smallest absolute Gasteiger partial charge is 0.252 e. The molecule has 0 radical (unpaired) electrons. The number of nitrogens with zero attached hydrogens (tertiary/aromatic N) is 7. The van der Waals surface area contributed by atoms with Crippen molar-refractivity contribution in [1.29, 1.82) is 0 Å². The molecule has 0 amide bonds. The molecular formula is C103H76B3BrN8. The van der Waals surface area contributed by atoms with Crippen LogP contribution in [0.1, 0.15) is 7.43 Å².